The fourth-order valence-corrected chi connectivity index (χ4v) is 4.59. The predicted molar refractivity (Wildman–Crippen MR) is 115 cm³/mol. The number of anilines is 1. The lowest BCUT2D eigenvalue weighted by atomic mass is 9.90. The van der Waals surface area contributed by atoms with Crippen LogP contribution in [0.25, 0.3) is 0 Å². The molecule has 3 fully saturated rings. The largest absolute Gasteiger partial charge is 0.479 e. The second kappa shape index (κ2) is 10.2. The summed E-state index contributed by atoms with van der Waals surface area (Å²) in [5, 5.41) is 42.7. The van der Waals surface area contributed by atoms with Gasteiger partial charge >= 0.3 is 23.7 Å². The Kier molecular flexibility index (Phi) is 7.33. The molecule has 0 saturated carbocycles. The number of aliphatic carboxylic acids is 2. The molecule has 3 saturated heterocycles. The molecule has 3 aliphatic rings. The number of aliphatic hydroxyl groups is 2. The SMILES string of the molecule is NC(=O)N[C@H]1[C@H]2O[C@@H](n3ccc(N)nc3=O)[C@H](O)[C@@H]2O[C@H](C(=O)O)[C@@H]1O[C@@H]1O[C@H](C(=O)O)C[C@H](N)[C@H]1O. The van der Waals surface area contributed by atoms with E-state index in [2.05, 4.69) is 10.3 Å². The molecule has 1 aromatic heterocycles. The molecule has 11 atom stereocenters. The molecule has 1 aromatic rings. The average Bonchev–Trinajstić information content (AvgIpc) is 3.13. The first-order valence-corrected chi connectivity index (χ1v) is 11.0. The Morgan fingerprint density at radius 3 is 2.41 bits per heavy atom. The molecule has 0 unspecified atom stereocenters. The smallest absolute Gasteiger partial charge is 0.351 e. The van der Waals surface area contributed by atoms with Crippen LogP contribution in [0.15, 0.2) is 17.1 Å². The van der Waals surface area contributed by atoms with Gasteiger partial charge in [0.05, 0.1) is 6.04 Å². The standard InChI is InChI=1S/C19H26N6O12/c20-4-3-5(15(28)29)34-17(8(4)26)37-11-7(24-18(22)32)10-12(35-13(11)16(30)31)9(27)14(36-10)25-2-1-6(21)23-19(25)33/h1-2,4-5,7-14,17,26-27H,3,20H2,(H,28,29)(H,30,31)(H2,21,23,33)(H3,22,24,32)/t4-,5-,7-,8+,9+,10+,11+,12-,13-,14+,17-/m0/s1. The minimum absolute atomic E-state index is 0.0982. The molecule has 204 valence electrons. The third-order valence-electron chi connectivity index (χ3n) is 6.31. The predicted octanol–water partition coefficient (Wildman–Crippen LogP) is -4.75. The van der Waals surface area contributed by atoms with Gasteiger partial charge < -0.3 is 61.9 Å². The lowest BCUT2D eigenvalue weighted by molar-refractivity contribution is -0.293. The van der Waals surface area contributed by atoms with E-state index in [9.17, 15) is 39.6 Å². The lowest BCUT2D eigenvalue weighted by Gasteiger charge is -2.45. The van der Waals surface area contributed by atoms with Crippen molar-refractivity contribution < 1.29 is 53.8 Å². The Hall–Kier alpha value is -3.39. The summed E-state index contributed by atoms with van der Waals surface area (Å²) >= 11 is 0. The van der Waals surface area contributed by atoms with Crippen LogP contribution in [0.2, 0.25) is 0 Å². The number of urea groups is 1. The van der Waals surface area contributed by atoms with E-state index in [4.69, 9.17) is 36.1 Å². The number of fused-ring (bicyclic) bond motifs is 1. The second-order valence-electron chi connectivity index (χ2n) is 8.74. The van der Waals surface area contributed by atoms with Crippen molar-refractivity contribution >= 4 is 23.8 Å². The number of carboxylic acid groups (broad SMARTS) is 2. The van der Waals surface area contributed by atoms with E-state index in [1.165, 1.54) is 12.3 Å². The molecule has 3 aliphatic heterocycles. The number of hydrogen-bond donors (Lipinski definition) is 8. The van der Waals surface area contributed by atoms with Gasteiger partial charge in [-0.05, 0) is 6.07 Å². The Morgan fingerprint density at radius 1 is 1.11 bits per heavy atom. The molecule has 0 aliphatic carbocycles. The van der Waals surface area contributed by atoms with Gasteiger partial charge in [0.25, 0.3) is 0 Å². The number of hydrogen-bond acceptors (Lipinski definition) is 13. The summed E-state index contributed by atoms with van der Waals surface area (Å²) in [6.07, 6.45) is -13.3. The molecular weight excluding hydrogens is 504 g/mol. The fourth-order valence-electron chi connectivity index (χ4n) is 4.59. The zero-order chi connectivity index (χ0) is 27.2. The first kappa shape index (κ1) is 26.7. The van der Waals surface area contributed by atoms with Crippen LogP contribution in [-0.4, -0.2) is 109 Å². The molecule has 18 nitrogen and oxygen atoms in total. The average molecular weight is 530 g/mol. The quantitative estimate of drug-likeness (QED) is 0.171. The molecule has 4 heterocycles. The van der Waals surface area contributed by atoms with Crippen LogP contribution in [0.4, 0.5) is 10.6 Å². The van der Waals surface area contributed by atoms with Crippen LogP contribution < -0.4 is 28.2 Å². The van der Waals surface area contributed by atoms with E-state index < -0.39 is 91.0 Å². The van der Waals surface area contributed by atoms with Gasteiger partial charge in [-0.1, -0.05) is 0 Å². The van der Waals surface area contributed by atoms with Gasteiger partial charge in [0.2, 0.25) is 0 Å². The number of nitrogens with zero attached hydrogens (tertiary/aromatic N) is 2. The van der Waals surface area contributed by atoms with E-state index in [0.717, 1.165) is 4.57 Å². The number of carboxylic acids is 2. The Bertz CT molecular complexity index is 1120. The van der Waals surface area contributed by atoms with Crippen molar-refractivity contribution in [2.45, 2.75) is 73.8 Å². The minimum Gasteiger partial charge on any atom is -0.479 e. The molecule has 37 heavy (non-hydrogen) atoms. The number of nitrogens with one attached hydrogen (secondary N) is 1. The number of primary amides is 1. The summed E-state index contributed by atoms with van der Waals surface area (Å²) in [5.74, 6) is -3.10. The molecule has 18 heteroatoms. The summed E-state index contributed by atoms with van der Waals surface area (Å²) < 4.78 is 23.2. The summed E-state index contributed by atoms with van der Waals surface area (Å²) in [6.45, 7) is 0. The van der Waals surface area contributed by atoms with Crippen LogP contribution in [0.5, 0.6) is 0 Å². The number of amides is 2. The highest BCUT2D eigenvalue weighted by molar-refractivity contribution is 5.75. The van der Waals surface area contributed by atoms with Gasteiger partial charge in [0.1, 0.15) is 36.3 Å². The highest BCUT2D eigenvalue weighted by Crippen LogP contribution is 2.39. The van der Waals surface area contributed by atoms with E-state index in [-0.39, 0.29) is 12.2 Å². The Labute approximate surface area is 206 Å². The molecule has 2 amide bonds. The molecular formula is C19H26N6O12. The molecule has 0 spiro atoms. The number of aliphatic hydroxyl groups excluding tert-OH is 2. The minimum atomic E-state index is -1.91. The fraction of sp³-hybridized carbons (Fsp3) is 0.632. The van der Waals surface area contributed by atoms with Crippen LogP contribution in [0, 0.1) is 0 Å². The van der Waals surface area contributed by atoms with Crippen molar-refractivity contribution in [2.24, 2.45) is 11.5 Å². The number of aromatic nitrogens is 2. The van der Waals surface area contributed by atoms with Crippen molar-refractivity contribution in [1.82, 2.24) is 14.9 Å². The van der Waals surface area contributed by atoms with Crippen LogP contribution in [0.3, 0.4) is 0 Å². The zero-order valence-corrected chi connectivity index (χ0v) is 18.9. The monoisotopic (exact) mass is 530 g/mol. The first-order chi connectivity index (χ1) is 17.4. The molecule has 0 aromatic carbocycles. The lowest BCUT2D eigenvalue weighted by Crippen LogP contribution is -2.68. The maximum Gasteiger partial charge on any atom is 0.351 e. The number of rotatable bonds is 6. The third-order valence-corrected chi connectivity index (χ3v) is 6.31. The molecule has 4 rings (SSSR count). The van der Waals surface area contributed by atoms with Gasteiger partial charge in [0.15, 0.2) is 24.7 Å². The molecule has 0 radical (unpaired) electrons. The number of carbonyl (C=O) groups is 3. The topological polar surface area (TPSA) is 294 Å². The summed E-state index contributed by atoms with van der Waals surface area (Å²) in [4.78, 5) is 51.3. The van der Waals surface area contributed by atoms with Gasteiger partial charge in [-0.3, -0.25) is 4.57 Å². The van der Waals surface area contributed by atoms with Crippen molar-refractivity contribution in [2.75, 3.05) is 5.73 Å². The number of nitrogens with two attached hydrogens (primary N) is 3. The first-order valence-electron chi connectivity index (χ1n) is 11.0. The van der Waals surface area contributed by atoms with E-state index in [1.54, 1.807) is 0 Å². The Morgan fingerprint density at radius 2 is 1.81 bits per heavy atom. The van der Waals surface area contributed by atoms with Gasteiger partial charge in [-0.2, -0.15) is 4.98 Å². The van der Waals surface area contributed by atoms with Crippen molar-refractivity contribution in [3.63, 3.8) is 0 Å². The van der Waals surface area contributed by atoms with Crippen LogP contribution >= 0.6 is 0 Å². The second-order valence-corrected chi connectivity index (χ2v) is 8.74. The van der Waals surface area contributed by atoms with E-state index in [0.29, 0.717) is 0 Å². The van der Waals surface area contributed by atoms with Gasteiger partial charge in [-0.15, -0.1) is 0 Å². The van der Waals surface area contributed by atoms with Gasteiger partial charge in [0, 0.05) is 18.7 Å². The van der Waals surface area contributed by atoms with Crippen molar-refractivity contribution in [1.29, 1.82) is 0 Å². The molecule has 0 bridgehead atoms. The van der Waals surface area contributed by atoms with E-state index >= 15 is 0 Å². The van der Waals surface area contributed by atoms with Gasteiger partial charge in [-0.25, -0.2) is 19.2 Å². The molecule has 11 N–H and O–H groups in total. The summed E-state index contributed by atoms with van der Waals surface area (Å²) in [5.41, 5.74) is 15.7. The normalized spacial score (nSPS) is 39.5. The number of ether oxygens (including phenoxy) is 4. The number of nitrogen functional groups attached to an aromatic ring is 1. The van der Waals surface area contributed by atoms with Crippen molar-refractivity contribution in [3.8, 4) is 0 Å². The van der Waals surface area contributed by atoms with Crippen LogP contribution in [0.1, 0.15) is 12.6 Å². The third kappa shape index (κ3) is 5.07. The van der Waals surface area contributed by atoms with Crippen molar-refractivity contribution in [3.05, 3.63) is 22.7 Å². The highest BCUT2D eigenvalue weighted by atomic mass is 16.7. The highest BCUT2D eigenvalue weighted by Gasteiger charge is 2.60. The van der Waals surface area contributed by atoms with E-state index in [1.807, 2.05) is 0 Å². The number of carbonyl (C=O) groups excluding carboxylic acids is 1. The van der Waals surface area contributed by atoms with Crippen LogP contribution in [-0.2, 0) is 28.5 Å². The maximum atomic E-state index is 12.3. The maximum absolute atomic E-state index is 12.3. The summed E-state index contributed by atoms with van der Waals surface area (Å²) in [6, 6.07) is -2.44. The zero-order valence-electron chi connectivity index (χ0n) is 18.9. The Balaban J connectivity index is 1.68. The summed E-state index contributed by atoms with van der Waals surface area (Å²) in [7, 11) is 0.